The molecule has 32 heavy (non-hydrogen) atoms. The number of aliphatic hydroxyl groups is 1. The van der Waals surface area contributed by atoms with Gasteiger partial charge in [-0.25, -0.2) is 8.42 Å². The monoisotopic (exact) mass is 459 g/mol. The van der Waals surface area contributed by atoms with E-state index in [2.05, 4.69) is 6.92 Å². The van der Waals surface area contributed by atoms with Crippen LogP contribution >= 0.6 is 0 Å². The van der Waals surface area contributed by atoms with Gasteiger partial charge in [-0.3, -0.25) is 4.31 Å². The van der Waals surface area contributed by atoms with Gasteiger partial charge in [0.15, 0.2) is 0 Å². The van der Waals surface area contributed by atoms with Crippen LogP contribution in [0.25, 0.3) is 0 Å². The Morgan fingerprint density at radius 2 is 1.75 bits per heavy atom. The van der Waals surface area contributed by atoms with Crippen LogP contribution in [0.15, 0.2) is 47.4 Å². The number of benzene rings is 2. The highest BCUT2D eigenvalue weighted by Crippen LogP contribution is 2.30. The SMILES string of the molecule is CCc1ccc(N(CC(C)C)S(=O)(=O)c2ccc(OCC3CCCCC3)c(CO)c2)cc1. The van der Waals surface area contributed by atoms with Gasteiger partial charge < -0.3 is 9.84 Å². The first-order valence-corrected chi connectivity index (χ1v) is 13.3. The van der Waals surface area contributed by atoms with E-state index in [0.717, 1.165) is 12.0 Å². The molecule has 0 aliphatic heterocycles. The van der Waals surface area contributed by atoms with Gasteiger partial charge >= 0.3 is 0 Å². The maximum Gasteiger partial charge on any atom is 0.264 e. The lowest BCUT2D eigenvalue weighted by Crippen LogP contribution is -2.34. The average Bonchev–Trinajstić information content (AvgIpc) is 2.81. The summed E-state index contributed by atoms with van der Waals surface area (Å²) in [6, 6.07) is 12.5. The Morgan fingerprint density at radius 1 is 1.06 bits per heavy atom. The fourth-order valence-corrected chi connectivity index (χ4v) is 5.92. The summed E-state index contributed by atoms with van der Waals surface area (Å²) in [5, 5.41) is 9.92. The summed E-state index contributed by atoms with van der Waals surface area (Å²) < 4.78 is 34.7. The molecule has 0 bridgehead atoms. The van der Waals surface area contributed by atoms with Gasteiger partial charge in [-0.15, -0.1) is 0 Å². The number of aryl methyl sites for hydroxylation is 1. The molecule has 6 heteroatoms. The highest BCUT2D eigenvalue weighted by atomic mass is 32.2. The van der Waals surface area contributed by atoms with Crippen LogP contribution in [-0.2, 0) is 23.1 Å². The molecule has 1 saturated carbocycles. The van der Waals surface area contributed by atoms with Crippen molar-refractivity contribution in [3.05, 3.63) is 53.6 Å². The van der Waals surface area contributed by atoms with Crippen molar-refractivity contribution in [1.29, 1.82) is 0 Å². The fraction of sp³-hybridized carbons (Fsp3) is 0.538. The molecule has 0 saturated heterocycles. The third kappa shape index (κ3) is 6.04. The maximum atomic E-state index is 13.6. The van der Waals surface area contributed by atoms with Crippen molar-refractivity contribution in [1.82, 2.24) is 0 Å². The summed E-state index contributed by atoms with van der Waals surface area (Å²) in [5.41, 5.74) is 2.32. The summed E-state index contributed by atoms with van der Waals surface area (Å²) >= 11 is 0. The van der Waals surface area contributed by atoms with E-state index in [1.807, 2.05) is 38.1 Å². The first kappa shape index (κ1) is 24.6. The van der Waals surface area contributed by atoms with Crippen molar-refractivity contribution < 1.29 is 18.3 Å². The first-order chi connectivity index (χ1) is 15.3. The molecular weight excluding hydrogens is 422 g/mol. The Kier molecular flexibility index (Phi) is 8.60. The number of hydrogen-bond acceptors (Lipinski definition) is 4. The number of hydrogen-bond donors (Lipinski definition) is 1. The van der Waals surface area contributed by atoms with E-state index >= 15 is 0 Å². The Morgan fingerprint density at radius 3 is 2.34 bits per heavy atom. The van der Waals surface area contributed by atoms with Crippen molar-refractivity contribution in [3.8, 4) is 5.75 Å². The maximum absolute atomic E-state index is 13.6. The third-order valence-corrected chi connectivity index (χ3v) is 7.94. The molecule has 0 amide bonds. The zero-order valence-corrected chi connectivity index (χ0v) is 20.4. The van der Waals surface area contributed by atoms with E-state index in [9.17, 15) is 13.5 Å². The minimum absolute atomic E-state index is 0.158. The summed E-state index contributed by atoms with van der Waals surface area (Å²) in [7, 11) is -3.79. The molecule has 5 nitrogen and oxygen atoms in total. The minimum Gasteiger partial charge on any atom is -0.493 e. The molecule has 1 aliphatic rings. The number of anilines is 1. The molecule has 1 fully saturated rings. The molecule has 0 radical (unpaired) electrons. The Labute approximate surface area is 193 Å². The first-order valence-electron chi connectivity index (χ1n) is 11.8. The molecule has 0 heterocycles. The number of aliphatic hydroxyl groups excluding tert-OH is 1. The van der Waals surface area contributed by atoms with Crippen LogP contribution in [-0.4, -0.2) is 26.7 Å². The van der Waals surface area contributed by atoms with Gasteiger partial charge in [0.1, 0.15) is 5.75 Å². The van der Waals surface area contributed by atoms with Crippen LogP contribution in [0, 0.1) is 11.8 Å². The van der Waals surface area contributed by atoms with Crippen LogP contribution in [0.1, 0.15) is 64.0 Å². The Hall–Kier alpha value is -2.05. The smallest absolute Gasteiger partial charge is 0.264 e. The molecule has 1 N–H and O–H groups in total. The van der Waals surface area contributed by atoms with Crippen molar-refractivity contribution in [2.75, 3.05) is 17.5 Å². The topological polar surface area (TPSA) is 66.8 Å². The van der Waals surface area contributed by atoms with Crippen molar-refractivity contribution >= 4 is 15.7 Å². The molecular formula is C26H37NO4S. The molecule has 3 rings (SSSR count). The normalized spacial score (nSPS) is 15.2. The highest BCUT2D eigenvalue weighted by molar-refractivity contribution is 7.92. The predicted octanol–water partition coefficient (Wildman–Crippen LogP) is 5.55. The van der Waals surface area contributed by atoms with Gasteiger partial charge in [0, 0.05) is 12.1 Å². The number of ether oxygens (including phenoxy) is 1. The van der Waals surface area contributed by atoms with Gasteiger partial charge in [0.2, 0.25) is 0 Å². The van der Waals surface area contributed by atoms with Gasteiger partial charge in [-0.2, -0.15) is 0 Å². The third-order valence-electron chi connectivity index (χ3n) is 6.15. The highest BCUT2D eigenvalue weighted by Gasteiger charge is 2.27. The average molecular weight is 460 g/mol. The van der Waals surface area contributed by atoms with Crippen molar-refractivity contribution in [3.63, 3.8) is 0 Å². The predicted molar refractivity (Wildman–Crippen MR) is 130 cm³/mol. The standard InChI is InChI=1S/C26H37NO4S/c1-4-21-10-12-24(13-11-21)27(17-20(2)3)32(29,30)25-14-15-26(23(16-25)18-28)31-19-22-8-6-5-7-9-22/h10-16,20,22,28H,4-9,17-19H2,1-3H3. The summed E-state index contributed by atoms with van der Waals surface area (Å²) in [5.74, 6) is 1.26. The second kappa shape index (κ2) is 11.2. The molecule has 0 spiro atoms. The number of rotatable bonds is 10. The lowest BCUT2D eigenvalue weighted by Gasteiger charge is -2.27. The number of sulfonamides is 1. The Balaban J connectivity index is 1.86. The van der Waals surface area contributed by atoms with E-state index in [0.29, 0.717) is 36.1 Å². The molecule has 0 atom stereocenters. The van der Waals surface area contributed by atoms with Gasteiger partial charge in [0.25, 0.3) is 10.0 Å². The van der Waals surface area contributed by atoms with Crippen molar-refractivity contribution in [2.45, 2.75) is 70.8 Å². The minimum atomic E-state index is -3.79. The largest absolute Gasteiger partial charge is 0.493 e. The molecule has 176 valence electrons. The summed E-state index contributed by atoms with van der Waals surface area (Å²) in [4.78, 5) is 0.173. The molecule has 1 aliphatic carbocycles. The van der Waals surface area contributed by atoms with Gasteiger partial charge in [-0.05, 0) is 67.0 Å². The lowest BCUT2D eigenvalue weighted by molar-refractivity contribution is 0.201. The zero-order valence-electron chi connectivity index (χ0n) is 19.6. The second-order valence-electron chi connectivity index (χ2n) is 9.19. The second-order valence-corrected chi connectivity index (χ2v) is 11.1. The van der Waals surface area contributed by atoms with Gasteiger partial charge in [0.05, 0.1) is 23.8 Å². The van der Waals surface area contributed by atoms with E-state index in [4.69, 9.17) is 4.74 Å². The quantitative estimate of drug-likeness (QED) is 0.506. The van der Waals surface area contributed by atoms with E-state index in [1.54, 1.807) is 18.2 Å². The van der Waals surface area contributed by atoms with E-state index < -0.39 is 10.0 Å². The van der Waals surface area contributed by atoms with Crippen LogP contribution in [0.2, 0.25) is 0 Å². The van der Waals surface area contributed by atoms with E-state index in [1.165, 1.54) is 36.4 Å². The van der Waals surface area contributed by atoms with Crippen molar-refractivity contribution in [2.24, 2.45) is 11.8 Å². The fourth-order valence-electron chi connectivity index (χ4n) is 4.24. The van der Waals surface area contributed by atoms with Crippen LogP contribution in [0.3, 0.4) is 0 Å². The van der Waals surface area contributed by atoms with Crippen LogP contribution in [0.4, 0.5) is 5.69 Å². The number of nitrogens with zero attached hydrogens (tertiary/aromatic N) is 1. The zero-order chi connectivity index (χ0) is 23.1. The lowest BCUT2D eigenvalue weighted by atomic mass is 9.90. The molecule has 0 unspecified atom stereocenters. The van der Waals surface area contributed by atoms with E-state index in [-0.39, 0.29) is 17.4 Å². The Bertz CT molecular complexity index is 964. The molecule has 0 aromatic heterocycles. The molecule has 2 aromatic rings. The van der Waals surface area contributed by atoms with Gasteiger partial charge in [-0.1, -0.05) is 52.2 Å². The summed E-state index contributed by atoms with van der Waals surface area (Å²) in [6.45, 7) is 6.81. The summed E-state index contributed by atoms with van der Waals surface area (Å²) in [6.07, 6.45) is 7.01. The van der Waals surface area contributed by atoms with Crippen LogP contribution in [0.5, 0.6) is 5.75 Å². The molecule has 2 aromatic carbocycles. The van der Waals surface area contributed by atoms with Crippen LogP contribution < -0.4 is 9.04 Å².